The lowest BCUT2D eigenvalue weighted by molar-refractivity contribution is 0.969. The fraction of sp³-hybridized carbons (Fsp3) is 0.227. The molecule has 4 rings (SSSR count). The minimum Gasteiger partial charge on any atom is -0.325 e. The molecule has 132 valence electrons. The number of aromatic nitrogens is 2. The minimum absolute atomic E-state index is 0.466. The Labute approximate surface area is 158 Å². The molecule has 4 aromatic rings. The number of rotatable bonds is 3. The Morgan fingerprint density at radius 2 is 1.65 bits per heavy atom. The molecule has 2 N–H and O–H groups in total. The molecule has 0 aliphatic rings. The smallest absolute Gasteiger partial charge is 0.195 e. The quantitative estimate of drug-likeness (QED) is 0.529. The monoisotopic (exact) mass is 361 g/mol. The van der Waals surface area contributed by atoms with Gasteiger partial charge in [0.1, 0.15) is 0 Å². The third kappa shape index (κ3) is 2.57. The van der Waals surface area contributed by atoms with E-state index in [0.717, 1.165) is 16.3 Å². The summed E-state index contributed by atoms with van der Waals surface area (Å²) in [6.07, 6.45) is 2.17. The van der Waals surface area contributed by atoms with Crippen LogP contribution < -0.4 is 5.73 Å². The van der Waals surface area contributed by atoms with Crippen LogP contribution in [0.25, 0.3) is 26.7 Å². The highest BCUT2D eigenvalue weighted by molar-refractivity contribution is 7.20. The molecule has 2 aromatic heterocycles. The van der Waals surface area contributed by atoms with Crippen LogP contribution in [0.4, 0.5) is 0 Å². The van der Waals surface area contributed by atoms with E-state index in [2.05, 4.69) is 68.6 Å². The first kappa shape index (κ1) is 17.0. The van der Waals surface area contributed by atoms with Crippen molar-refractivity contribution in [1.82, 2.24) is 9.38 Å². The van der Waals surface area contributed by atoms with E-state index in [1.807, 2.05) is 6.07 Å². The largest absolute Gasteiger partial charge is 0.325 e. The lowest BCUT2D eigenvalue weighted by atomic mass is 9.91. The van der Waals surface area contributed by atoms with E-state index in [4.69, 9.17) is 10.7 Å². The summed E-state index contributed by atoms with van der Waals surface area (Å²) in [5, 5.41) is 0. The van der Waals surface area contributed by atoms with Crippen LogP contribution in [0.1, 0.15) is 27.9 Å². The second kappa shape index (κ2) is 6.38. The highest BCUT2D eigenvalue weighted by Gasteiger charge is 2.20. The number of aryl methyl sites for hydroxylation is 2. The summed E-state index contributed by atoms with van der Waals surface area (Å²) in [6, 6.07) is 12.7. The van der Waals surface area contributed by atoms with Crippen molar-refractivity contribution in [2.24, 2.45) is 5.73 Å². The van der Waals surface area contributed by atoms with Gasteiger partial charge in [0.05, 0.1) is 16.3 Å². The normalized spacial score (nSPS) is 11.4. The van der Waals surface area contributed by atoms with Crippen LogP contribution >= 0.6 is 11.3 Å². The lowest BCUT2D eigenvalue weighted by Gasteiger charge is -2.15. The molecule has 2 aromatic carbocycles. The van der Waals surface area contributed by atoms with Crippen LogP contribution in [0.2, 0.25) is 0 Å². The van der Waals surface area contributed by atoms with Gasteiger partial charge in [-0.1, -0.05) is 47.7 Å². The summed E-state index contributed by atoms with van der Waals surface area (Å²) in [5.41, 5.74) is 15.9. The molecule has 2 heterocycles. The van der Waals surface area contributed by atoms with Crippen molar-refractivity contribution < 1.29 is 0 Å². The fourth-order valence-corrected chi connectivity index (χ4v) is 4.60. The molecule has 0 aliphatic heterocycles. The zero-order valence-electron chi connectivity index (χ0n) is 15.6. The molecule has 4 heteroatoms. The molecule has 0 radical (unpaired) electrons. The van der Waals surface area contributed by atoms with Crippen LogP contribution in [0.15, 0.2) is 42.6 Å². The molecule has 3 nitrogen and oxygen atoms in total. The number of nitrogens with two attached hydrogens (primary N) is 1. The topological polar surface area (TPSA) is 43.3 Å². The van der Waals surface area contributed by atoms with E-state index >= 15 is 0 Å². The zero-order valence-corrected chi connectivity index (χ0v) is 16.4. The van der Waals surface area contributed by atoms with E-state index in [1.165, 1.54) is 38.3 Å². The van der Waals surface area contributed by atoms with E-state index in [-0.39, 0.29) is 0 Å². The number of thiazole rings is 1. The summed E-state index contributed by atoms with van der Waals surface area (Å²) in [7, 11) is 0. The van der Waals surface area contributed by atoms with E-state index in [0.29, 0.717) is 6.54 Å². The molecular weight excluding hydrogens is 338 g/mol. The number of hydrogen-bond acceptors (Lipinski definition) is 3. The molecule has 0 amide bonds. The highest BCUT2D eigenvalue weighted by atomic mass is 32.1. The molecule has 0 spiro atoms. The molecule has 0 aliphatic carbocycles. The van der Waals surface area contributed by atoms with Gasteiger partial charge in [-0.2, -0.15) is 0 Å². The molecule has 0 saturated heterocycles. The maximum Gasteiger partial charge on any atom is 0.195 e. The van der Waals surface area contributed by atoms with Crippen molar-refractivity contribution >= 4 is 16.3 Å². The van der Waals surface area contributed by atoms with Crippen molar-refractivity contribution in [3.05, 3.63) is 70.5 Å². The standard InChI is InChI=1S/C22H23N3S/c1-13-10-14(2)16(4)20(15(13)3)21-18(11-23)25-12-19(26-22(25)24-21)17-8-6-5-7-9-17/h5-10,12H,11,23H2,1-4H3. The Morgan fingerprint density at radius 3 is 2.27 bits per heavy atom. The Bertz CT molecular complexity index is 1080. The summed E-state index contributed by atoms with van der Waals surface area (Å²) in [6.45, 7) is 9.16. The minimum atomic E-state index is 0.466. The molecule has 0 fully saturated rings. The molecule has 0 saturated carbocycles. The maximum atomic E-state index is 6.17. The van der Waals surface area contributed by atoms with E-state index in [1.54, 1.807) is 11.3 Å². The Kier molecular flexibility index (Phi) is 4.17. The number of fused-ring (bicyclic) bond motifs is 1. The van der Waals surface area contributed by atoms with Gasteiger partial charge in [0.15, 0.2) is 4.96 Å². The first-order valence-electron chi connectivity index (χ1n) is 8.85. The van der Waals surface area contributed by atoms with Gasteiger partial charge in [-0.05, 0) is 55.5 Å². The van der Waals surface area contributed by atoms with Gasteiger partial charge in [-0.25, -0.2) is 4.98 Å². The fourth-order valence-electron chi connectivity index (χ4n) is 3.59. The third-order valence-corrected chi connectivity index (χ3v) is 6.31. The van der Waals surface area contributed by atoms with Crippen LogP contribution in [-0.4, -0.2) is 9.38 Å². The molecule has 0 unspecified atom stereocenters. The summed E-state index contributed by atoms with van der Waals surface area (Å²) < 4.78 is 2.17. The predicted molar refractivity (Wildman–Crippen MR) is 111 cm³/mol. The van der Waals surface area contributed by atoms with Crippen molar-refractivity contribution in [2.45, 2.75) is 34.2 Å². The number of benzene rings is 2. The van der Waals surface area contributed by atoms with Crippen molar-refractivity contribution in [1.29, 1.82) is 0 Å². The average molecular weight is 362 g/mol. The maximum absolute atomic E-state index is 6.17. The summed E-state index contributed by atoms with van der Waals surface area (Å²) in [5.74, 6) is 0. The Balaban J connectivity index is 1.95. The van der Waals surface area contributed by atoms with Gasteiger partial charge in [-0.3, -0.25) is 4.40 Å². The van der Waals surface area contributed by atoms with Crippen LogP contribution in [-0.2, 0) is 6.54 Å². The third-order valence-electron chi connectivity index (χ3n) is 5.28. The first-order valence-corrected chi connectivity index (χ1v) is 9.67. The Morgan fingerprint density at radius 1 is 1.00 bits per heavy atom. The first-order chi connectivity index (χ1) is 12.5. The zero-order chi connectivity index (χ0) is 18.4. The molecule has 26 heavy (non-hydrogen) atoms. The van der Waals surface area contributed by atoms with Crippen molar-refractivity contribution in [3.8, 4) is 21.7 Å². The molecule has 0 bridgehead atoms. The highest BCUT2D eigenvalue weighted by Crippen LogP contribution is 2.37. The van der Waals surface area contributed by atoms with Gasteiger partial charge in [-0.15, -0.1) is 0 Å². The second-order valence-corrected chi connectivity index (χ2v) is 7.87. The van der Waals surface area contributed by atoms with Gasteiger partial charge < -0.3 is 5.73 Å². The van der Waals surface area contributed by atoms with Gasteiger partial charge >= 0.3 is 0 Å². The predicted octanol–water partition coefficient (Wildman–Crippen LogP) is 5.42. The summed E-state index contributed by atoms with van der Waals surface area (Å²) >= 11 is 1.71. The van der Waals surface area contributed by atoms with E-state index < -0.39 is 0 Å². The van der Waals surface area contributed by atoms with Crippen molar-refractivity contribution in [3.63, 3.8) is 0 Å². The van der Waals surface area contributed by atoms with Crippen LogP contribution in [0.5, 0.6) is 0 Å². The number of imidazole rings is 1. The Hall–Kier alpha value is -2.43. The molecule has 0 atom stereocenters. The van der Waals surface area contributed by atoms with E-state index in [9.17, 15) is 0 Å². The van der Waals surface area contributed by atoms with Crippen molar-refractivity contribution in [2.75, 3.05) is 0 Å². The second-order valence-electron chi connectivity index (χ2n) is 6.86. The number of nitrogens with zero attached hydrogens (tertiary/aromatic N) is 2. The van der Waals surface area contributed by atoms with Gasteiger partial charge in [0.2, 0.25) is 0 Å². The van der Waals surface area contributed by atoms with Gasteiger partial charge in [0, 0.05) is 18.3 Å². The summed E-state index contributed by atoms with van der Waals surface area (Å²) in [4.78, 5) is 7.21. The lowest BCUT2D eigenvalue weighted by Crippen LogP contribution is -2.04. The van der Waals surface area contributed by atoms with Crippen LogP contribution in [0, 0.1) is 27.7 Å². The van der Waals surface area contributed by atoms with Gasteiger partial charge in [0.25, 0.3) is 0 Å². The SMILES string of the molecule is Cc1cc(C)c(C)c(-c2nc3sc(-c4ccccc4)cn3c2CN)c1C. The average Bonchev–Trinajstić information content (AvgIpc) is 3.19. The molecular formula is C22H23N3S. The number of hydrogen-bond donors (Lipinski definition) is 1. The van der Waals surface area contributed by atoms with Crippen LogP contribution in [0.3, 0.4) is 0 Å².